The van der Waals surface area contributed by atoms with Gasteiger partial charge in [0.25, 0.3) is 5.91 Å². The van der Waals surface area contributed by atoms with E-state index >= 15 is 0 Å². The van der Waals surface area contributed by atoms with Crippen LogP contribution in [0.4, 0.5) is 11.4 Å². The maximum Gasteiger partial charge on any atom is 0.255 e. The van der Waals surface area contributed by atoms with E-state index in [1.54, 1.807) is 30.3 Å². The molecule has 0 radical (unpaired) electrons. The van der Waals surface area contributed by atoms with E-state index in [9.17, 15) is 9.59 Å². The number of carbonyl (C=O) groups is 2. The number of hydrogen-bond acceptors (Lipinski definition) is 5. The highest BCUT2D eigenvalue weighted by atomic mass is 35.5. The van der Waals surface area contributed by atoms with Crippen molar-refractivity contribution in [2.45, 2.75) is 0 Å². The lowest BCUT2D eigenvalue weighted by atomic mass is 10.1. The second-order valence-electron chi connectivity index (χ2n) is 8.24. The molecule has 8 heteroatoms. The quantitative estimate of drug-likeness (QED) is 0.527. The van der Waals surface area contributed by atoms with Gasteiger partial charge in [-0.2, -0.15) is 0 Å². The number of halogens is 1. The molecule has 3 aromatic carbocycles. The van der Waals surface area contributed by atoms with Gasteiger partial charge in [0.15, 0.2) is 11.5 Å². The molecule has 0 aromatic heterocycles. The predicted octanol–water partition coefficient (Wildman–Crippen LogP) is 4.68. The Morgan fingerprint density at radius 2 is 1.66 bits per heavy atom. The molecule has 0 atom stereocenters. The maximum absolute atomic E-state index is 12.7. The molecule has 0 spiro atoms. The molecule has 2 aliphatic rings. The van der Waals surface area contributed by atoms with Crippen molar-refractivity contribution in [2.24, 2.45) is 0 Å². The Hall–Kier alpha value is -3.97. The van der Waals surface area contributed by atoms with Crippen molar-refractivity contribution in [2.75, 3.05) is 43.2 Å². The van der Waals surface area contributed by atoms with Gasteiger partial charge in [0.1, 0.15) is 0 Å². The van der Waals surface area contributed by atoms with Crippen LogP contribution in [-0.2, 0) is 4.79 Å². The van der Waals surface area contributed by atoms with Crippen molar-refractivity contribution in [1.82, 2.24) is 4.90 Å². The minimum absolute atomic E-state index is 0.00109. The Labute approximate surface area is 208 Å². The predicted molar refractivity (Wildman–Crippen MR) is 136 cm³/mol. The van der Waals surface area contributed by atoms with Crippen LogP contribution in [0.1, 0.15) is 15.9 Å². The summed E-state index contributed by atoms with van der Waals surface area (Å²) in [6.07, 6.45) is 3.46. The molecular weight excluding hydrogens is 466 g/mol. The molecule has 3 aromatic rings. The molecule has 0 saturated carbocycles. The SMILES string of the molecule is O=C(Nc1ccc(N2CCN(C(=O)/C=C/c3ccccc3)CC2)c(Cl)c1)c1ccc2c(c1)OCO2. The van der Waals surface area contributed by atoms with Crippen LogP contribution in [0.15, 0.2) is 72.8 Å². The lowest BCUT2D eigenvalue weighted by Gasteiger charge is -2.36. The fraction of sp³-hybridized carbons (Fsp3) is 0.185. The highest BCUT2D eigenvalue weighted by molar-refractivity contribution is 6.33. The number of rotatable bonds is 5. The molecule has 2 aliphatic heterocycles. The second kappa shape index (κ2) is 10.1. The molecular formula is C27H24ClN3O4. The van der Waals surface area contributed by atoms with Crippen LogP contribution < -0.4 is 19.7 Å². The fourth-order valence-corrected chi connectivity index (χ4v) is 4.39. The summed E-state index contributed by atoms with van der Waals surface area (Å²) < 4.78 is 10.6. The van der Waals surface area contributed by atoms with E-state index in [1.165, 1.54) is 0 Å². The summed E-state index contributed by atoms with van der Waals surface area (Å²) in [5.41, 5.74) is 2.94. The summed E-state index contributed by atoms with van der Waals surface area (Å²) in [6, 6.07) is 20.3. The maximum atomic E-state index is 12.7. The van der Waals surface area contributed by atoms with Gasteiger partial charge in [-0.3, -0.25) is 9.59 Å². The molecule has 2 heterocycles. The van der Waals surface area contributed by atoms with E-state index in [0.717, 1.165) is 11.3 Å². The van der Waals surface area contributed by atoms with Crippen molar-refractivity contribution in [3.05, 3.63) is 89.0 Å². The molecule has 0 unspecified atom stereocenters. The van der Waals surface area contributed by atoms with Gasteiger partial charge in [0.2, 0.25) is 12.7 Å². The first kappa shape index (κ1) is 22.8. The minimum atomic E-state index is -0.261. The summed E-state index contributed by atoms with van der Waals surface area (Å²) in [5.74, 6) is 0.922. The Morgan fingerprint density at radius 3 is 2.43 bits per heavy atom. The first-order valence-electron chi connectivity index (χ1n) is 11.3. The van der Waals surface area contributed by atoms with Gasteiger partial charge in [0.05, 0.1) is 10.7 Å². The third-order valence-electron chi connectivity index (χ3n) is 5.99. The standard InChI is InChI=1S/C27H24ClN3O4/c28-22-17-21(29-27(33)20-7-10-24-25(16-20)35-18-34-24)8-9-23(22)30-12-14-31(15-13-30)26(32)11-6-19-4-2-1-3-5-19/h1-11,16-17H,12-15,18H2,(H,29,33)/b11-6+. The highest BCUT2D eigenvalue weighted by Gasteiger charge is 2.22. The first-order valence-corrected chi connectivity index (χ1v) is 11.7. The lowest BCUT2D eigenvalue weighted by Crippen LogP contribution is -2.48. The van der Waals surface area contributed by atoms with Crippen LogP contribution in [0, 0.1) is 0 Å². The van der Waals surface area contributed by atoms with E-state index in [0.29, 0.717) is 54.0 Å². The average molecular weight is 490 g/mol. The normalized spacial score (nSPS) is 14.9. The summed E-state index contributed by atoms with van der Waals surface area (Å²) in [4.78, 5) is 29.2. The lowest BCUT2D eigenvalue weighted by molar-refractivity contribution is -0.126. The van der Waals surface area contributed by atoms with Crippen LogP contribution in [0.3, 0.4) is 0 Å². The fourth-order valence-electron chi connectivity index (χ4n) is 4.09. The largest absolute Gasteiger partial charge is 0.454 e. The summed E-state index contributed by atoms with van der Waals surface area (Å²) >= 11 is 6.56. The summed E-state index contributed by atoms with van der Waals surface area (Å²) in [5, 5.41) is 3.41. The number of anilines is 2. The van der Waals surface area contributed by atoms with Gasteiger partial charge in [0, 0.05) is 43.5 Å². The van der Waals surface area contributed by atoms with Crippen molar-refractivity contribution >= 4 is 40.9 Å². The summed E-state index contributed by atoms with van der Waals surface area (Å²) in [7, 11) is 0. The molecule has 0 bridgehead atoms. The zero-order valence-corrected chi connectivity index (χ0v) is 19.7. The summed E-state index contributed by atoms with van der Waals surface area (Å²) in [6.45, 7) is 2.72. The number of ether oxygens (including phenoxy) is 2. The van der Waals surface area contributed by atoms with Crippen LogP contribution in [0.2, 0.25) is 5.02 Å². The van der Waals surface area contributed by atoms with Crippen LogP contribution >= 0.6 is 11.6 Å². The topological polar surface area (TPSA) is 71.1 Å². The van der Waals surface area contributed by atoms with Crippen molar-refractivity contribution < 1.29 is 19.1 Å². The third kappa shape index (κ3) is 5.25. The number of carbonyl (C=O) groups excluding carboxylic acids is 2. The third-order valence-corrected chi connectivity index (χ3v) is 6.29. The number of hydrogen-bond donors (Lipinski definition) is 1. The molecule has 0 aliphatic carbocycles. The van der Waals surface area contributed by atoms with Crippen LogP contribution in [0.25, 0.3) is 6.08 Å². The monoisotopic (exact) mass is 489 g/mol. The Kier molecular flexibility index (Phi) is 6.59. The van der Waals surface area contributed by atoms with Gasteiger partial charge in [-0.1, -0.05) is 41.9 Å². The van der Waals surface area contributed by atoms with Gasteiger partial charge in [-0.25, -0.2) is 0 Å². The van der Waals surface area contributed by atoms with E-state index in [2.05, 4.69) is 10.2 Å². The second-order valence-corrected chi connectivity index (χ2v) is 8.65. The molecule has 1 fully saturated rings. The molecule has 35 heavy (non-hydrogen) atoms. The molecule has 2 amide bonds. The van der Waals surface area contributed by atoms with Gasteiger partial charge < -0.3 is 24.6 Å². The van der Waals surface area contributed by atoms with Gasteiger partial charge >= 0.3 is 0 Å². The van der Waals surface area contributed by atoms with Crippen LogP contribution in [-0.4, -0.2) is 49.7 Å². The Bertz CT molecular complexity index is 1270. The minimum Gasteiger partial charge on any atom is -0.454 e. The van der Waals surface area contributed by atoms with Gasteiger partial charge in [-0.05, 0) is 48.0 Å². The number of piperazine rings is 1. The number of fused-ring (bicyclic) bond motifs is 1. The zero-order valence-electron chi connectivity index (χ0n) is 18.9. The number of nitrogens with zero attached hydrogens (tertiary/aromatic N) is 2. The zero-order chi connectivity index (χ0) is 24.2. The van der Waals surface area contributed by atoms with E-state index in [-0.39, 0.29) is 18.6 Å². The smallest absolute Gasteiger partial charge is 0.255 e. The molecule has 178 valence electrons. The van der Waals surface area contributed by atoms with Crippen molar-refractivity contribution in [3.8, 4) is 11.5 Å². The van der Waals surface area contributed by atoms with E-state index < -0.39 is 0 Å². The van der Waals surface area contributed by atoms with E-state index in [4.69, 9.17) is 21.1 Å². The van der Waals surface area contributed by atoms with Crippen molar-refractivity contribution in [1.29, 1.82) is 0 Å². The van der Waals surface area contributed by atoms with Crippen molar-refractivity contribution in [3.63, 3.8) is 0 Å². The number of nitrogens with one attached hydrogen (secondary N) is 1. The van der Waals surface area contributed by atoms with E-state index in [1.807, 2.05) is 53.4 Å². The average Bonchev–Trinajstić information content (AvgIpc) is 3.36. The Morgan fingerprint density at radius 1 is 0.886 bits per heavy atom. The molecule has 1 N–H and O–H groups in total. The molecule has 1 saturated heterocycles. The Balaban J connectivity index is 1.17. The molecule has 5 rings (SSSR count). The van der Waals surface area contributed by atoms with Gasteiger partial charge in [-0.15, -0.1) is 0 Å². The number of amides is 2. The van der Waals surface area contributed by atoms with Crippen LogP contribution in [0.5, 0.6) is 11.5 Å². The first-order chi connectivity index (χ1) is 17.1. The number of benzene rings is 3. The highest BCUT2D eigenvalue weighted by Crippen LogP contribution is 2.33. The molecule has 7 nitrogen and oxygen atoms in total.